The van der Waals surface area contributed by atoms with Crippen molar-refractivity contribution < 1.29 is 28.2 Å². The second kappa shape index (κ2) is 9.22. The van der Waals surface area contributed by atoms with Crippen LogP contribution in [-0.4, -0.2) is 51.8 Å². The van der Waals surface area contributed by atoms with E-state index in [1.807, 2.05) is 6.07 Å². The van der Waals surface area contributed by atoms with Gasteiger partial charge in [-0.15, -0.1) is 0 Å². The summed E-state index contributed by atoms with van der Waals surface area (Å²) in [5.41, 5.74) is 3.41. The topological polar surface area (TPSA) is 89.4 Å². The Hall–Kier alpha value is -3.30. The third-order valence-corrected chi connectivity index (χ3v) is 8.36. The van der Waals surface area contributed by atoms with Gasteiger partial charge in [0, 0.05) is 54.5 Å². The number of hydrogen-bond donors (Lipinski definition) is 2. The molecule has 4 aromatic rings. The molecule has 0 amide bonds. The minimum Gasteiger partial charge on any atom is -0.479 e. The summed E-state index contributed by atoms with van der Waals surface area (Å²) in [6, 6.07) is 8.16. The van der Waals surface area contributed by atoms with Crippen LogP contribution in [-0.2, 0) is 14.3 Å². The molecule has 2 fully saturated rings. The molecule has 37 heavy (non-hydrogen) atoms. The predicted molar refractivity (Wildman–Crippen MR) is 134 cm³/mol. The number of nitrogens with zero attached hydrogens (tertiary/aromatic N) is 2. The minimum absolute atomic E-state index is 0.0925. The Bertz CT molecular complexity index is 1480. The number of carboxylic acids is 1. The Morgan fingerprint density at radius 2 is 1.86 bits per heavy atom. The van der Waals surface area contributed by atoms with Gasteiger partial charge in [0.05, 0.1) is 17.2 Å². The number of benzene rings is 2. The van der Waals surface area contributed by atoms with Gasteiger partial charge in [0.15, 0.2) is 17.2 Å². The molecular weight excluding hydrogens is 480 g/mol. The number of rotatable bonds is 5. The molecule has 1 aliphatic heterocycles. The van der Waals surface area contributed by atoms with Crippen LogP contribution in [0.4, 0.5) is 8.78 Å². The van der Waals surface area contributed by atoms with Crippen molar-refractivity contribution in [2.45, 2.75) is 56.0 Å². The summed E-state index contributed by atoms with van der Waals surface area (Å²) >= 11 is 0. The normalized spacial score (nSPS) is 23.2. The molecule has 1 aliphatic carbocycles. The fourth-order valence-electron chi connectivity index (χ4n) is 6.35. The van der Waals surface area contributed by atoms with E-state index in [9.17, 15) is 18.7 Å². The zero-order valence-corrected chi connectivity index (χ0v) is 20.6. The van der Waals surface area contributed by atoms with E-state index in [0.29, 0.717) is 44.6 Å². The maximum absolute atomic E-state index is 14.5. The molecule has 0 radical (unpaired) electrons. The monoisotopic (exact) mass is 509 g/mol. The van der Waals surface area contributed by atoms with Crippen molar-refractivity contribution in [2.75, 3.05) is 20.3 Å². The number of nitrogens with one attached hydrogen (secondary N) is 1. The fraction of sp³-hybridized carbons (Fsp3) is 0.429. The summed E-state index contributed by atoms with van der Waals surface area (Å²) in [4.78, 5) is 12.0. The summed E-state index contributed by atoms with van der Waals surface area (Å²) in [7, 11) is 1.46. The zero-order chi connectivity index (χ0) is 25.7. The predicted octanol–water partition coefficient (Wildman–Crippen LogP) is 5.81. The molecule has 194 valence electrons. The molecule has 0 bridgehead atoms. The molecule has 6 rings (SSSR count). The number of aromatic nitrogens is 3. The Morgan fingerprint density at radius 1 is 1.11 bits per heavy atom. The number of aliphatic carboxylic acids is 1. The SMILES string of the molecule is COC1(C(=O)O)CCC(c2c(C3CCOCC3)n(-c3ccc(F)c(F)c3)c3cc4cn[nH]c4cc23)CC1. The van der Waals surface area contributed by atoms with Gasteiger partial charge < -0.3 is 19.1 Å². The lowest BCUT2D eigenvalue weighted by molar-refractivity contribution is -0.166. The number of methoxy groups -OCH3 is 1. The van der Waals surface area contributed by atoms with E-state index in [1.165, 1.54) is 19.2 Å². The molecule has 9 heteroatoms. The van der Waals surface area contributed by atoms with Crippen LogP contribution in [0.15, 0.2) is 36.5 Å². The third-order valence-electron chi connectivity index (χ3n) is 8.36. The van der Waals surface area contributed by atoms with Crippen LogP contribution in [0.2, 0.25) is 0 Å². The van der Waals surface area contributed by atoms with Crippen molar-refractivity contribution in [1.82, 2.24) is 14.8 Å². The average molecular weight is 510 g/mol. The first-order valence-corrected chi connectivity index (χ1v) is 12.7. The highest BCUT2D eigenvalue weighted by Crippen LogP contribution is 2.48. The second-order valence-corrected chi connectivity index (χ2v) is 10.2. The largest absolute Gasteiger partial charge is 0.479 e. The van der Waals surface area contributed by atoms with E-state index in [2.05, 4.69) is 20.8 Å². The smallest absolute Gasteiger partial charge is 0.335 e. The molecule has 2 aliphatic rings. The molecule has 7 nitrogen and oxygen atoms in total. The first kappa shape index (κ1) is 24.1. The summed E-state index contributed by atoms with van der Waals surface area (Å²) < 4.78 is 41.7. The lowest BCUT2D eigenvalue weighted by Crippen LogP contribution is -2.43. The average Bonchev–Trinajstić information content (AvgIpc) is 3.51. The quantitative estimate of drug-likeness (QED) is 0.355. The maximum atomic E-state index is 14.5. The Morgan fingerprint density at radius 3 is 2.54 bits per heavy atom. The number of hydrogen-bond acceptors (Lipinski definition) is 4. The van der Waals surface area contributed by atoms with Crippen molar-refractivity contribution in [2.24, 2.45) is 0 Å². The lowest BCUT2D eigenvalue weighted by Gasteiger charge is -2.36. The molecule has 2 aromatic heterocycles. The van der Waals surface area contributed by atoms with E-state index in [4.69, 9.17) is 9.47 Å². The molecule has 0 spiro atoms. The van der Waals surface area contributed by atoms with Gasteiger partial charge >= 0.3 is 5.97 Å². The molecule has 0 atom stereocenters. The highest BCUT2D eigenvalue weighted by molar-refractivity contribution is 5.99. The molecule has 1 saturated heterocycles. The van der Waals surface area contributed by atoms with Crippen LogP contribution in [0.25, 0.3) is 27.5 Å². The summed E-state index contributed by atoms with van der Waals surface area (Å²) in [5.74, 6) is -2.46. The van der Waals surface area contributed by atoms with Gasteiger partial charge in [-0.1, -0.05) is 0 Å². The molecule has 2 N–H and O–H groups in total. The highest BCUT2D eigenvalue weighted by atomic mass is 19.2. The van der Waals surface area contributed by atoms with Gasteiger partial charge in [-0.05, 0) is 74.3 Å². The zero-order valence-electron chi connectivity index (χ0n) is 20.6. The molecule has 1 saturated carbocycles. The lowest BCUT2D eigenvalue weighted by atomic mass is 9.74. The van der Waals surface area contributed by atoms with E-state index in [1.54, 1.807) is 12.3 Å². The van der Waals surface area contributed by atoms with E-state index in [-0.39, 0.29) is 11.8 Å². The van der Waals surface area contributed by atoms with Crippen LogP contribution in [0.5, 0.6) is 0 Å². The third kappa shape index (κ3) is 3.92. The van der Waals surface area contributed by atoms with Crippen LogP contribution in [0.3, 0.4) is 0 Å². The first-order valence-electron chi connectivity index (χ1n) is 12.7. The van der Waals surface area contributed by atoms with Crippen molar-refractivity contribution in [1.29, 1.82) is 0 Å². The number of ether oxygens (including phenoxy) is 2. The van der Waals surface area contributed by atoms with Crippen LogP contribution in [0.1, 0.15) is 61.6 Å². The first-order chi connectivity index (χ1) is 17.9. The van der Waals surface area contributed by atoms with Crippen LogP contribution < -0.4 is 0 Å². The number of aromatic amines is 1. The number of H-pyrrole nitrogens is 1. The second-order valence-electron chi connectivity index (χ2n) is 10.2. The maximum Gasteiger partial charge on any atom is 0.335 e. The molecule has 0 unspecified atom stereocenters. The van der Waals surface area contributed by atoms with Gasteiger partial charge in [-0.25, -0.2) is 13.6 Å². The van der Waals surface area contributed by atoms with E-state index in [0.717, 1.165) is 45.9 Å². The van der Waals surface area contributed by atoms with Gasteiger partial charge in [-0.3, -0.25) is 5.10 Å². The van der Waals surface area contributed by atoms with Crippen LogP contribution in [0, 0.1) is 11.6 Å². The van der Waals surface area contributed by atoms with Gasteiger partial charge in [0.25, 0.3) is 0 Å². The molecule has 2 aromatic carbocycles. The van der Waals surface area contributed by atoms with E-state index >= 15 is 0 Å². The number of carbonyl (C=O) groups is 1. The Kier molecular flexibility index (Phi) is 6.00. The summed E-state index contributed by atoms with van der Waals surface area (Å²) in [5, 5.41) is 19.0. The summed E-state index contributed by atoms with van der Waals surface area (Å²) in [6.45, 7) is 1.26. The van der Waals surface area contributed by atoms with Crippen molar-refractivity contribution in [3.8, 4) is 5.69 Å². The molecular formula is C28H29F2N3O4. The number of halogens is 2. The highest BCUT2D eigenvalue weighted by Gasteiger charge is 2.44. The molecule has 3 heterocycles. The van der Waals surface area contributed by atoms with E-state index < -0.39 is 23.2 Å². The van der Waals surface area contributed by atoms with Gasteiger partial charge in [0.2, 0.25) is 0 Å². The van der Waals surface area contributed by atoms with Crippen molar-refractivity contribution in [3.05, 3.63) is 59.4 Å². The van der Waals surface area contributed by atoms with Crippen LogP contribution >= 0.6 is 0 Å². The Labute approximate surface area is 212 Å². The van der Waals surface area contributed by atoms with Crippen molar-refractivity contribution in [3.63, 3.8) is 0 Å². The van der Waals surface area contributed by atoms with Gasteiger partial charge in [-0.2, -0.15) is 5.10 Å². The number of fused-ring (bicyclic) bond motifs is 2. The minimum atomic E-state index is -1.18. The number of carboxylic acid groups (broad SMARTS) is 1. The fourth-order valence-corrected chi connectivity index (χ4v) is 6.35. The van der Waals surface area contributed by atoms with Crippen molar-refractivity contribution >= 4 is 27.8 Å². The summed E-state index contributed by atoms with van der Waals surface area (Å²) in [6.07, 6.45) is 5.49. The Balaban J connectivity index is 1.60. The standard InChI is InChI=1S/C28H29F2N3O4/c1-36-28(27(34)35)8-4-16(5-9-28)25-20-14-23-18(15-31-32-23)12-24(20)33(19-2-3-21(29)22(30)13-19)26(25)17-6-10-37-11-7-17/h2-3,12-17H,4-11H2,1H3,(H,31,32)(H,34,35). The van der Waals surface area contributed by atoms with Gasteiger partial charge in [0.1, 0.15) is 0 Å².